The summed E-state index contributed by atoms with van der Waals surface area (Å²) in [6.45, 7) is 4.74. The molecule has 0 saturated carbocycles. The van der Waals surface area contributed by atoms with Crippen molar-refractivity contribution < 1.29 is 0 Å². The molecule has 2 aromatic heterocycles. The average molecular weight is 272 g/mol. The highest BCUT2D eigenvalue weighted by Crippen LogP contribution is 2.26. The highest BCUT2D eigenvalue weighted by molar-refractivity contribution is 7.16. The molecule has 0 aliphatic carbocycles. The highest BCUT2D eigenvalue weighted by Gasteiger charge is 2.13. The number of fused-ring (bicyclic) bond motifs is 1. The predicted octanol–water partition coefficient (Wildman–Crippen LogP) is 2.58. The minimum absolute atomic E-state index is 0.682. The van der Waals surface area contributed by atoms with Gasteiger partial charge in [0.15, 0.2) is 0 Å². The summed E-state index contributed by atoms with van der Waals surface area (Å²) in [7, 11) is 0. The van der Waals surface area contributed by atoms with Gasteiger partial charge in [0, 0.05) is 5.56 Å². The van der Waals surface area contributed by atoms with Crippen molar-refractivity contribution in [1.82, 2.24) is 14.6 Å². The van der Waals surface area contributed by atoms with Crippen molar-refractivity contribution in [2.45, 2.75) is 20.3 Å². The first-order valence-corrected chi connectivity index (χ1v) is 7.13. The van der Waals surface area contributed by atoms with E-state index in [-0.39, 0.29) is 0 Å². The number of aromatic nitrogens is 3. The maximum atomic E-state index is 5.56. The molecule has 0 saturated heterocycles. The van der Waals surface area contributed by atoms with Gasteiger partial charge in [0.1, 0.15) is 5.01 Å². The third-order valence-electron chi connectivity index (χ3n) is 3.19. The molecule has 2 N–H and O–H groups in total. The smallest absolute Gasteiger partial charge is 0.212 e. The van der Waals surface area contributed by atoms with Gasteiger partial charge in [0.25, 0.3) is 0 Å². The van der Waals surface area contributed by atoms with E-state index in [9.17, 15) is 0 Å². The summed E-state index contributed by atoms with van der Waals surface area (Å²) in [4.78, 5) is 5.63. The van der Waals surface area contributed by atoms with Gasteiger partial charge in [0.05, 0.1) is 11.4 Å². The summed E-state index contributed by atoms with van der Waals surface area (Å²) in [5.41, 5.74) is 10.1. The van der Waals surface area contributed by atoms with Gasteiger partial charge in [-0.15, -0.1) is 0 Å². The minimum atomic E-state index is 0.682. The Morgan fingerprint density at radius 3 is 2.58 bits per heavy atom. The molecule has 0 aliphatic heterocycles. The average Bonchev–Trinajstić information content (AvgIpc) is 2.90. The van der Waals surface area contributed by atoms with Gasteiger partial charge in [-0.2, -0.15) is 5.10 Å². The van der Waals surface area contributed by atoms with E-state index in [0.717, 1.165) is 33.3 Å². The van der Waals surface area contributed by atoms with Crippen LogP contribution in [0.25, 0.3) is 16.2 Å². The van der Waals surface area contributed by atoms with Crippen LogP contribution in [0.1, 0.15) is 16.3 Å². The van der Waals surface area contributed by atoms with Gasteiger partial charge in [0.2, 0.25) is 4.96 Å². The largest absolute Gasteiger partial charge is 0.330 e. The molecule has 0 radical (unpaired) electrons. The molecule has 0 bridgehead atoms. The Bertz CT molecular complexity index is 709. The zero-order valence-electron chi connectivity index (χ0n) is 11.1. The first-order valence-electron chi connectivity index (χ1n) is 6.31. The van der Waals surface area contributed by atoms with E-state index >= 15 is 0 Å². The van der Waals surface area contributed by atoms with Crippen LogP contribution in [0.2, 0.25) is 0 Å². The predicted molar refractivity (Wildman–Crippen MR) is 78.5 cm³/mol. The second-order valence-electron chi connectivity index (χ2n) is 4.60. The first-order chi connectivity index (χ1) is 9.19. The van der Waals surface area contributed by atoms with Crippen LogP contribution in [0.15, 0.2) is 24.3 Å². The van der Waals surface area contributed by atoms with E-state index in [1.165, 1.54) is 5.56 Å². The van der Waals surface area contributed by atoms with Crippen LogP contribution in [0.5, 0.6) is 0 Å². The fraction of sp³-hybridized carbons (Fsp3) is 0.286. The number of hydrogen-bond donors (Lipinski definition) is 1. The van der Waals surface area contributed by atoms with Crippen LogP contribution >= 0.6 is 11.3 Å². The first kappa shape index (κ1) is 12.3. The van der Waals surface area contributed by atoms with Gasteiger partial charge in [-0.05, 0) is 32.4 Å². The molecular formula is C14H16N4S. The lowest BCUT2D eigenvalue weighted by atomic mass is 10.1. The van der Waals surface area contributed by atoms with Crippen LogP contribution < -0.4 is 5.73 Å². The number of nitrogens with zero attached hydrogens (tertiary/aromatic N) is 3. The standard InChI is InChI=1S/C14H16N4S/c1-9-13(16-14-18(9)17-10(2)19-14)12-5-3-11(4-6-12)7-8-15/h3-6H,7-8,15H2,1-2H3. The highest BCUT2D eigenvalue weighted by atomic mass is 32.1. The maximum absolute atomic E-state index is 5.56. The van der Waals surface area contributed by atoms with Crippen molar-refractivity contribution in [3.05, 3.63) is 40.5 Å². The van der Waals surface area contributed by atoms with Crippen molar-refractivity contribution in [2.24, 2.45) is 5.73 Å². The molecule has 3 rings (SSSR count). The van der Waals surface area contributed by atoms with Crippen molar-refractivity contribution in [3.63, 3.8) is 0 Å². The molecule has 19 heavy (non-hydrogen) atoms. The molecule has 1 aromatic carbocycles. The van der Waals surface area contributed by atoms with Crippen molar-refractivity contribution in [2.75, 3.05) is 6.54 Å². The van der Waals surface area contributed by atoms with Gasteiger partial charge < -0.3 is 5.73 Å². The van der Waals surface area contributed by atoms with Gasteiger partial charge in [-0.3, -0.25) is 0 Å². The number of aryl methyl sites for hydroxylation is 2. The maximum Gasteiger partial charge on any atom is 0.212 e. The Kier molecular flexibility index (Phi) is 3.08. The quantitative estimate of drug-likeness (QED) is 0.797. The molecule has 5 heteroatoms. The number of nitrogens with two attached hydrogens (primary N) is 1. The third kappa shape index (κ3) is 2.15. The Labute approximate surface area is 115 Å². The lowest BCUT2D eigenvalue weighted by molar-refractivity contribution is 0.909. The normalized spacial score (nSPS) is 11.3. The molecule has 0 unspecified atom stereocenters. The molecule has 0 amide bonds. The monoisotopic (exact) mass is 272 g/mol. The van der Waals surface area contributed by atoms with E-state index in [1.807, 2.05) is 11.4 Å². The Balaban J connectivity index is 2.03. The molecule has 0 atom stereocenters. The zero-order chi connectivity index (χ0) is 13.4. The summed E-state index contributed by atoms with van der Waals surface area (Å²) in [5.74, 6) is 0. The minimum Gasteiger partial charge on any atom is -0.330 e. The van der Waals surface area contributed by atoms with E-state index in [4.69, 9.17) is 5.73 Å². The summed E-state index contributed by atoms with van der Waals surface area (Å²) in [5, 5.41) is 5.50. The van der Waals surface area contributed by atoms with Crippen molar-refractivity contribution in [3.8, 4) is 11.3 Å². The van der Waals surface area contributed by atoms with Crippen molar-refractivity contribution in [1.29, 1.82) is 0 Å². The summed E-state index contributed by atoms with van der Waals surface area (Å²) in [6.07, 6.45) is 0.915. The van der Waals surface area contributed by atoms with Gasteiger partial charge in [-0.25, -0.2) is 9.50 Å². The fourth-order valence-corrected chi connectivity index (χ4v) is 3.00. The van der Waals surface area contributed by atoms with Gasteiger partial charge >= 0.3 is 0 Å². The second kappa shape index (κ2) is 4.75. The lowest BCUT2D eigenvalue weighted by Gasteiger charge is -2.02. The molecule has 0 aliphatic rings. The molecule has 4 nitrogen and oxygen atoms in total. The Hall–Kier alpha value is -1.72. The third-order valence-corrected chi connectivity index (χ3v) is 4.01. The molecule has 3 aromatic rings. The van der Waals surface area contributed by atoms with E-state index in [1.54, 1.807) is 11.3 Å². The number of benzene rings is 1. The molecule has 98 valence electrons. The number of rotatable bonds is 3. The lowest BCUT2D eigenvalue weighted by Crippen LogP contribution is -2.02. The molecule has 0 fully saturated rings. The van der Waals surface area contributed by atoms with E-state index < -0.39 is 0 Å². The summed E-state index contributed by atoms with van der Waals surface area (Å²) >= 11 is 1.62. The summed E-state index contributed by atoms with van der Waals surface area (Å²) in [6, 6.07) is 8.45. The number of imidazole rings is 1. The van der Waals surface area contributed by atoms with Crippen LogP contribution in [0.3, 0.4) is 0 Å². The van der Waals surface area contributed by atoms with Crippen LogP contribution in [-0.4, -0.2) is 21.1 Å². The molecular weight excluding hydrogens is 256 g/mol. The number of hydrogen-bond acceptors (Lipinski definition) is 4. The van der Waals surface area contributed by atoms with E-state index in [0.29, 0.717) is 6.54 Å². The topological polar surface area (TPSA) is 56.2 Å². The fourth-order valence-electron chi connectivity index (χ4n) is 2.21. The molecule has 0 spiro atoms. The van der Waals surface area contributed by atoms with Crippen molar-refractivity contribution >= 4 is 16.3 Å². The Morgan fingerprint density at radius 2 is 1.95 bits per heavy atom. The van der Waals surface area contributed by atoms with E-state index in [2.05, 4.69) is 41.3 Å². The van der Waals surface area contributed by atoms with Gasteiger partial charge in [-0.1, -0.05) is 35.6 Å². The zero-order valence-corrected chi connectivity index (χ0v) is 11.9. The second-order valence-corrected chi connectivity index (χ2v) is 5.76. The van der Waals surface area contributed by atoms with Crippen LogP contribution in [0.4, 0.5) is 0 Å². The summed E-state index contributed by atoms with van der Waals surface area (Å²) < 4.78 is 1.92. The van der Waals surface area contributed by atoms with Crippen LogP contribution in [-0.2, 0) is 6.42 Å². The molecule has 2 heterocycles. The van der Waals surface area contributed by atoms with Crippen LogP contribution in [0, 0.1) is 13.8 Å². The Morgan fingerprint density at radius 1 is 1.21 bits per heavy atom. The SMILES string of the molecule is Cc1nn2c(C)c(-c3ccc(CCN)cc3)nc2s1.